The molecule has 0 unspecified atom stereocenters. The molecule has 6 heteroatoms. The Morgan fingerprint density at radius 2 is 2.32 bits per heavy atom. The van der Waals surface area contributed by atoms with Gasteiger partial charge in [0.05, 0.1) is 5.75 Å². The van der Waals surface area contributed by atoms with Crippen LogP contribution in [0.2, 0.25) is 0 Å². The van der Waals surface area contributed by atoms with Crippen molar-refractivity contribution in [2.24, 2.45) is 7.05 Å². The summed E-state index contributed by atoms with van der Waals surface area (Å²) in [5.41, 5.74) is 2.04. The van der Waals surface area contributed by atoms with E-state index >= 15 is 0 Å². The number of hydrogen-bond acceptors (Lipinski definition) is 4. The van der Waals surface area contributed by atoms with Crippen LogP contribution in [0.25, 0.3) is 0 Å². The molecule has 100 valence electrons. The van der Waals surface area contributed by atoms with Gasteiger partial charge in [-0.3, -0.25) is 4.79 Å². The maximum Gasteiger partial charge on any atom is 0.234 e. The standard InChI is InChI=1S/C13H16N4OS/c1-3-10-5-4-6-11(7-10)15-12(18)8-19-13-16-14-9-17(13)2/h4-7,9H,3,8H2,1-2H3,(H,15,18). The van der Waals surface area contributed by atoms with Gasteiger partial charge in [-0.05, 0) is 24.1 Å². The Morgan fingerprint density at radius 1 is 1.47 bits per heavy atom. The van der Waals surface area contributed by atoms with E-state index in [9.17, 15) is 4.79 Å². The summed E-state index contributed by atoms with van der Waals surface area (Å²) in [5, 5.41) is 11.3. The normalized spacial score (nSPS) is 10.4. The second-order valence-electron chi connectivity index (χ2n) is 4.12. The zero-order valence-electron chi connectivity index (χ0n) is 11.0. The predicted octanol–water partition coefficient (Wildman–Crippen LogP) is 2.11. The lowest BCUT2D eigenvalue weighted by Crippen LogP contribution is -2.14. The molecule has 0 saturated carbocycles. The highest BCUT2D eigenvalue weighted by atomic mass is 32.2. The van der Waals surface area contributed by atoms with Crippen LogP contribution in [0.3, 0.4) is 0 Å². The number of aromatic nitrogens is 3. The van der Waals surface area contributed by atoms with Crippen LogP contribution in [-0.4, -0.2) is 26.4 Å². The number of nitrogens with one attached hydrogen (secondary N) is 1. The average molecular weight is 276 g/mol. The number of thioether (sulfide) groups is 1. The van der Waals surface area contributed by atoms with E-state index in [1.807, 2.05) is 31.3 Å². The zero-order valence-corrected chi connectivity index (χ0v) is 11.8. The van der Waals surface area contributed by atoms with Gasteiger partial charge in [0, 0.05) is 12.7 Å². The van der Waals surface area contributed by atoms with Crippen LogP contribution in [0, 0.1) is 0 Å². The molecule has 0 radical (unpaired) electrons. The summed E-state index contributed by atoms with van der Waals surface area (Å²) in [7, 11) is 1.85. The fourth-order valence-corrected chi connectivity index (χ4v) is 2.29. The van der Waals surface area contributed by atoms with Crippen molar-refractivity contribution in [2.75, 3.05) is 11.1 Å². The van der Waals surface area contributed by atoms with Gasteiger partial charge >= 0.3 is 0 Å². The summed E-state index contributed by atoms with van der Waals surface area (Å²) in [4.78, 5) is 11.8. The molecule has 2 aromatic rings. The maximum atomic E-state index is 11.8. The van der Waals surface area contributed by atoms with Crippen molar-refractivity contribution >= 4 is 23.4 Å². The summed E-state index contributed by atoms with van der Waals surface area (Å²) in [5.74, 6) is 0.282. The molecule has 2 rings (SSSR count). The van der Waals surface area contributed by atoms with Gasteiger partial charge in [0.2, 0.25) is 5.91 Å². The van der Waals surface area contributed by atoms with E-state index in [-0.39, 0.29) is 5.91 Å². The topological polar surface area (TPSA) is 59.8 Å². The maximum absolute atomic E-state index is 11.8. The summed E-state index contributed by atoms with van der Waals surface area (Å²) >= 11 is 1.37. The molecule has 1 amide bonds. The van der Waals surface area contributed by atoms with E-state index < -0.39 is 0 Å². The number of aryl methyl sites for hydroxylation is 2. The second-order valence-corrected chi connectivity index (χ2v) is 5.06. The first-order valence-electron chi connectivity index (χ1n) is 6.04. The number of hydrogen-bond donors (Lipinski definition) is 1. The number of benzene rings is 1. The first-order chi connectivity index (χ1) is 9.19. The zero-order chi connectivity index (χ0) is 13.7. The van der Waals surface area contributed by atoms with Gasteiger partial charge in [-0.25, -0.2) is 0 Å². The lowest BCUT2D eigenvalue weighted by Gasteiger charge is -2.06. The molecule has 0 atom stereocenters. The van der Waals surface area contributed by atoms with Gasteiger partial charge < -0.3 is 9.88 Å². The first kappa shape index (κ1) is 13.6. The van der Waals surface area contributed by atoms with Crippen LogP contribution in [-0.2, 0) is 18.3 Å². The number of nitrogens with zero attached hydrogens (tertiary/aromatic N) is 3. The molecule has 1 N–H and O–H groups in total. The highest BCUT2D eigenvalue weighted by Crippen LogP contribution is 2.15. The molecule has 0 aliphatic rings. The van der Waals surface area contributed by atoms with Crippen LogP contribution in [0.15, 0.2) is 35.7 Å². The molecule has 1 aromatic heterocycles. The third kappa shape index (κ3) is 3.82. The molecule has 0 spiro atoms. The van der Waals surface area contributed by atoms with E-state index in [1.54, 1.807) is 10.9 Å². The van der Waals surface area contributed by atoms with Crippen LogP contribution in [0.4, 0.5) is 5.69 Å². The fourth-order valence-electron chi connectivity index (χ4n) is 1.60. The van der Waals surface area contributed by atoms with Gasteiger partial charge in [-0.2, -0.15) is 0 Å². The highest BCUT2D eigenvalue weighted by molar-refractivity contribution is 7.99. The Balaban J connectivity index is 1.89. The van der Waals surface area contributed by atoms with Crippen LogP contribution >= 0.6 is 11.8 Å². The lowest BCUT2D eigenvalue weighted by atomic mass is 10.1. The predicted molar refractivity (Wildman–Crippen MR) is 76.2 cm³/mol. The summed E-state index contributed by atoms with van der Waals surface area (Å²) < 4.78 is 1.79. The molecular weight excluding hydrogens is 260 g/mol. The Hall–Kier alpha value is -1.82. The van der Waals surface area contributed by atoms with Crippen LogP contribution in [0.5, 0.6) is 0 Å². The number of carbonyl (C=O) groups excluding carboxylic acids is 1. The molecule has 5 nitrogen and oxygen atoms in total. The molecule has 0 aliphatic carbocycles. The van der Waals surface area contributed by atoms with E-state index in [2.05, 4.69) is 22.4 Å². The Labute approximate surface area is 116 Å². The Morgan fingerprint density at radius 3 is 3.00 bits per heavy atom. The van der Waals surface area contributed by atoms with Gasteiger partial charge in [0.1, 0.15) is 6.33 Å². The van der Waals surface area contributed by atoms with Crippen molar-refractivity contribution < 1.29 is 4.79 Å². The Kier molecular flexibility index (Phi) is 4.57. The monoisotopic (exact) mass is 276 g/mol. The van der Waals surface area contributed by atoms with Gasteiger partial charge in [0.15, 0.2) is 5.16 Å². The third-order valence-corrected chi connectivity index (χ3v) is 3.66. The molecule has 1 heterocycles. The smallest absolute Gasteiger partial charge is 0.234 e. The molecule has 0 saturated heterocycles. The number of amides is 1. The summed E-state index contributed by atoms with van der Waals surface area (Å²) in [6.45, 7) is 2.09. The number of rotatable bonds is 5. The number of carbonyl (C=O) groups is 1. The second kappa shape index (κ2) is 6.38. The van der Waals surface area contributed by atoms with Gasteiger partial charge in [-0.15, -0.1) is 10.2 Å². The fraction of sp³-hybridized carbons (Fsp3) is 0.308. The quantitative estimate of drug-likeness (QED) is 0.850. The molecule has 19 heavy (non-hydrogen) atoms. The minimum atomic E-state index is -0.0405. The van der Waals surface area contributed by atoms with Crippen molar-refractivity contribution in [3.05, 3.63) is 36.2 Å². The highest BCUT2D eigenvalue weighted by Gasteiger charge is 2.07. The molecule has 0 bridgehead atoms. The largest absolute Gasteiger partial charge is 0.325 e. The summed E-state index contributed by atoms with van der Waals surface area (Å²) in [6, 6.07) is 7.88. The molecule has 1 aromatic carbocycles. The van der Waals surface area contributed by atoms with Crippen molar-refractivity contribution in [3.8, 4) is 0 Å². The van der Waals surface area contributed by atoms with Crippen molar-refractivity contribution in [1.29, 1.82) is 0 Å². The van der Waals surface area contributed by atoms with E-state index in [4.69, 9.17) is 0 Å². The SMILES string of the molecule is CCc1cccc(NC(=O)CSc2nncn2C)c1. The molecular formula is C13H16N4OS. The minimum Gasteiger partial charge on any atom is -0.325 e. The van der Waals surface area contributed by atoms with Crippen molar-refractivity contribution in [3.63, 3.8) is 0 Å². The van der Waals surface area contributed by atoms with Crippen LogP contribution < -0.4 is 5.32 Å². The molecule has 0 fully saturated rings. The van der Waals surface area contributed by atoms with Gasteiger partial charge in [-0.1, -0.05) is 30.8 Å². The summed E-state index contributed by atoms with van der Waals surface area (Å²) in [6.07, 6.45) is 2.57. The third-order valence-electron chi connectivity index (χ3n) is 2.62. The van der Waals surface area contributed by atoms with E-state index in [1.165, 1.54) is 17.3 Å². The Bertz CT molecular complexity index is 567. The average Bonchev–Trinajstić information content (AvgIpc) is 2.82. The van der Waals surface area contributed by atoms with Gasteiger partial charge in [0.25, 0.3) is 0 Å². The van der Waals surface area contributed by atoms with Crippen molar-refractivity contribution in [2.45, 2.75) is 18.5 Å². The lowest BCUT2D eigenvalue weighted by molar-refractivity contribution is -0.113. The van der Waals surface area contributed by atoms with Crippen molar-refractivity contribution in [1.82, 2.24) is 14.8 Å². The van der Waals surface area contributed by atoms with E-state index in [0.717, 1.165) is 17.3 Å². The number of anilines is 1. The first-order valence-corrected chi connectivity index (χ1v) is 7.03. The molecule has 0 aliphatic heterocycles. The van der Waals surface area contributed by atoms with E-state index in [0.29, 0.717) is 5.75 Å². The van der Waals surface area contributed by atoms with Crippen LogP contribution in [0.1, 0.15) is 12.5 Å². The minimum absolute atomic E-state index is 0.0405.